The van der Waals surface area contributed by atoms with Crippen molar-refractivity contribution in [1.82, 2.24) is 4.98 Å². The van der Waals surface area contributed by atoms with Crippen LogP contribution in [0.4, 0.5) is 0 Å². The van der Waals surface area contributed by atoms with Gasteiger partial charge in [0.1, 0.15) is 0 Å². The van der Waals surface area contributed by atoms with Crippen LogP contribution in [-0.4, -0.2) is 16.8 Å². The number of aromatic nitrogens is 2. The molecular formula is C6H9N2O2+. The first kappa shape index (κ1) is 6.80. The van der Waals surface area contributed by atoms with Gasteiger partial charge in [0.05, 0.1) is 6.61 Å². The van der Waals surface area contributed by atoms with Crippen molar-refractivity contribution in [3.05, 3.63) is 18.7 Å². The number of hydrogen-bond acceptors (Lipinski definition) is 3. The molecule has 0 unspecified atom stereocenters. The molecule has 0 spiro atoms. The molecule has 0 aromatic carbocycles. The highest BCUT2D eigenvalue weighted by Crippen LogP contribution is 2.01. The zero-order chi connectivity index (χ0) is 7.40. The lowest BCUT2D eigenvalue weighted by atomic mass is 10.6. The lowest BCUT2D eigenvalue weighted by Crippen LogP contribution is -2.29. The van der Waals surface area contributed by atoms with E-state index in [9.17, 15) is 0 Å². The second-order valence-electron chi connectivity index (χ2n) is 1.74. The molecule has 0 atom stereocenters. The second kappa shape index (κ2) is 3.00. The predicted molar refractivity (Wildman–Crippen MR) is 32.8 cm³/mol. The van der Waals surface area contributed by atoms with Gasteiger partial charge in [-0.2, -0.15) is 0 Å². The smallest absolute Gasteiger partial charge is 0.324 e. The summed E-state index contributed by atoms with van der Waals surface area (Å²) in [6.45, 7) is 2.44. The average molecular weight is 141 g/mol. The summed E-state index contributed by atoms with van der Waals surface area (Å²) < 4.78 is 5.90. The Hall–Kier alpha value is -1.32. The zero-order valence-corrected chi connectivity index (χ0v) is 5.69. The van der Waals surface area contributed by atoms with Crippen LogP contribution in [0.5, 0.6) is 5.75 Å². The van der Waals surface area contributed by atoms with Gasteiger partial charge in [-0.25, -0.2) is 0 Å². The van der Waals surface area contributed by atoms with Crippen molar-refractivity contribution < 1.29 is 14.7 Å². The van der Waals surface area contributed by atoms with Gasteiger partial charge >= 0.3 is 6.33 Å². The minimum atomic E-state index is 0.563. The largest absolute Gasteiger partial charge is 0.487 e. The molecule has 1 aromatic rings. The monoisotopic (exact) mass is 141 g/mol. The van der Waals surface area contributed by atoms with Gasteiger partial charge in [-0.3, -0.25) is 0 Å². The van der Waals surface area contributed by atoms with Crippen LogP contribution < -0.4 is 9.47 Å². The summed E-state index contributed by atoms with van der Waals surface area (Å²) >= 11 is 0. The third-order valence-corrected chi connectivity index (χ3v) is 0.957. The molecule has 0 saturated heterocycles. The van der Waals surface area contributed by atoms with Crippen LogP contribution in [0.2, 0.25) is 0 Å². The Morgan fingerprint density at radius 1 is 1.80 bits per heavy atom. The van der Waals surface area contributed by atoms with Gasteiger partial charge in [0, 0.05) is 0 Å². The molecule has 1 heterocycles. The molecule has 54 valence electrons. The molecule has 4 nitrogen and oxygen atoms in total. The van der Waals surface area contributed by atoms with Crippen LogP contribution in [-0.2, 0) is 0 Å². The average Bonchev–Trinajstić information content (AvgIpc) is 1.88. The Labute approximate surface area is 58.7 Å². The second-order valence-corrected chi connectivity index (χ2v) is 1.74. The number of hydrogen-bond donors (Lipinski definition) is 1. The lowest BCUT2D eigenvalue weighted by molar-refractivity contribution is -0.906. The number of rotatable bonds is 2. The van der Waals surface area contributed by atoms with Crippen LogP contribution in [0, 0.1) is 0 Å². The van der Waals surface area contributed by atoms with Crippen molar-refractivity contribution in [2.45, 2.75) is 6.92 Å². The summed E-state index contributed by atoms with van der Waals surface area (Å²) in [5.74, 6) is 0.563. The third-order valence-electron chi connectivity index (χ3n) is 0.957. The molecule has 1 rings (SSSR count). The molecule has 10 heavy (non-hydrogen) atoms. The highest BCUT2D eigenvalue weighted by Gasteiger charge is 1.98. The fourth-order valence-corrected chi connectivity index (χ4v) is 0.613. The van der Waals surface area contributed by atoms with Gasteiger partial charge in [0.2, 0.25) is 5.75 Å². The van der Waals surface area contributed by atoms with Crippen LogP contribution in [0.1, 0.15) is 6.92 Å². The van der Waals surface area contributed by atoms with Crippen LogP contribution in [0.25, 0.3) is 0 Å². The molecule has 0 aliphatic heterocycles. The van der Waals surface area contributed by atoms with E-state index in [0.717, 1.165) is 4.73 Å². The Bertz CT molecular complexity index is 215. The molecule has 0 amide bonds. The minimum absolute atomic E-state index is 0.563. The molecule has 0 saturated carbocycles. The molecule has 0 fully saturated rings. The maximum Gasteiger partial charge on any atom is 0.324 e. The Morgan fingerprint density at radius 2 is 2.60 bits per heavy atom. The fourth-order valence-electron chi connectivity index (χ4n) is 0.613. The predicted octanol–water partition coefficient (Wildman–Crippen LogP) is 0.00510. The molecule has 0 bridgehead atoms. The van der Waals surface area contributed by atoms with Crippen molar-refractivity contribution in [3.63, 3.8) is 0 Å². The van der Waals surface area contributed by atoms with Crippen molar-refractivity contribution in [2.75, 3.05) is 6.61 Å². The molecule has 0 radical (unpaired) electrons. The van der Waals surface area contributed by atoms with Crippen LogP contribution in [0.15, 0.2) is 18.7 Å². The van der Waals surface area contributed by atoms with Gasteiger partial charge in [-0.1, -0.05) is 4.73 Å². The minimum Gasteiger partial charge on any atom is -0.487 e. The normalized spacial score (nSPS) is 9.30. The van der Waals surface area contributed by atoms with E-state index in [1.807, 2.05) is 6.92 Å². The van der Waals surface area contributed by atoms with E-state index in [-0.39, 0.29) is 0 Å². The molecular weight excluding hydrogens is 132 g/mol. The van der Waals surface area contributed by atoms with E-state index in [2.05, 4.69) is 4.98 Å². The molecule has 0 aliphatic rings. The first-order chi connectivity index (χ1) is 4.83. The van der Waals surface area contributed by atoms with Gasteiger partial charge in [-0.05, 0) is 11.9 Å². The van der Waals surface area contributed by atoms with Gasteiger partial charge in [0.15, 0.2) is 12.4 Å². The SMILES string of the molecule is CCOc1cnc[n+](O)c1. The number of nitrogens with zero attached hydrogens (tertiary/aromatic N) is 2. The van der Waals surface area contributed by atoms with E-state index in [4.69, 9.17) is 9.94 Å². The lowest BCUT2D eigenvalue weighted by Gasteiger charge is -1.96. The van der Waals surface area contributed by atoms with E-state index >= 15 is 0 Å². The summed E-state index contributed by atoms with van der Waals surface area (Å²) in [6.07, 6.45) is 4.26. The van der Waals surface area contributed by atoms with E-state index < -0.39 is 0 Å². The molecule has 0 aliphatic carbocycles. The third kappa shape index (κ3) is 1.58. The van der Waals surface area contributed by atoms with Crippen molar-refractivity contribution >= 4 is 0 Å². The van der Waals surface area contributed by atoms with Gasteiger partial charge < -0.3 is 9.94 Å². The summed E-state index contributed by atoms with van der Waals surface area (Å²) in [6, 6.07) is 0. The quantitative estimate of drug-likeness (QED) is 0.466. The highest BCUT2D eigenvalue weighted by atomic mass is 16.5. The zero-order valence-electron chi connectivity index (χ0n) is 5.69. The van der Waals surface area contributed by atoms with E-state index in [0.29, 0.717) is 12.4 Å². The van der Waals surface area contributed by atoms with E-state index in [1.54, 1.807) is 0 Å². The van der Waals surface area contributed by atoms with Gasteiger partial charge in [0.25, 0.3) is 0 Å². The maximum atomic E-state index is 8.81. The van der Waals surface area contributed by atoms with E-state index in [1.165, 1.54) is 18.7 Å². The first-order valence-corrected chi connectivity index (χ1v) is 3.01. The molecule has 1 aromatic heterocycles. The maximum absolute atomic E-state index is 8.81. The highest BCUT2D eigenvalue weighted by molar-refractivity contribution is 5.06. The summed E-state index contributed by atoms with van der Waals surface area (Å²) in [5.41, 5.74) is 0. The van der Waals surface area contributed by atoms with Gasteiger partial charge in [-0.15, -0.1) is 0 Å². The Morgan fingerprint density at radius 3 is 3.20 bits per heavy atom. The summed E-state index contributed by atoms with van der Waals surface area (Å²) in [5, 5.41) is 8.81. The number of ether oxygens (including phenoxy) is 1. The van der Waals surface area contributed by atoms with Crippen LogP contribution >= 0.6 is 0 Å². The van der Waals surface area contributed by atoms with Crippen LogP contribution in [0.3, 0.4) is 0 Å². The molecule has 4 heteroatoms. The topological polar surface area (TPSA) is 46.2 Å². The fraction of sp³-hybridized carbons (Fsp3) is 0.333. The Kier molecular flexibility index (Phi) is 2.04. The Balaban J connectivity index is 2.75. The summed E-state index contributed by atoms with van der Waals surface area (Å²) in [4.78, 5) is 3.69. The van der Waals surface area contributed by atoms with Crippen molar-refractivity contribution in [3.8, 4) is 5.75 Å². The molecule has 1 N–H and O–H groups in total. The van der Waals surface area contributed by atoms with Crippen molar-refractivity contribution in [2.24, 2.45) is 0 Å². The standard InChI is InChI=1S/C6H9N2O2/c1-2-10-6-3-7-5-8(9)4-6/h3-5,9H,2H2,1H3/q+1. The first-order valence-electron chi connectivity index (χ1n) is 3.01. The van der Waals surface area contributed by atoms with Crippen molar-refractivity contribution in [1.29, 1.82) is 0 Å². The summed E-state index contributed by atoms with van der Waals surface area (Å²) in [7, 11) is 0.